The van der Waals surface area contributed by atoms with E-state index in [0.29, 0.717) is 11.1 Å². The van der Waals surface area contributed by atoms with E-state index in [2.05, 4.69) is 9.71 Å². The first kappa shape index (κ1) is 11.7. The maximum Gasteiger partial charge on any atom is 0.256 e. The minimum Gasteiger partial charge on any atom is -0.326 e. The molecule has 0 saturated heterocycles. The lowest BCUT2D eigenvalue weighted by molar-refractivity contribution is 0.607. The van der Waals surface area contributed by atoms with Gasteiger partial charge in [0.1, 0.15) is 0 Å². The Hall–Kier alpha value is -1.82. The molecule has 0 fully saturated rings. The van der Waals surface area contributed by atoms with Gasteiger partial charge in [-0.05, 0) is 30.5 Å². The Kier molecular flexibility index (Phi) is 2.66. The lowest BCUT2D eigenvalue weighted by atomic mass is 10.1. The second-order valence-corrected chi connectivity index (χ2v) is 5.71. The molecule has 0 radical (unpaired) electrons. The van der Waals surface area contributed by atoms with E-state index < -0.39 is 10.0 Å². The first-order valence-corrected chi connectivity index (χ1v) is 6.86. The summed E-state index contributed by atoms with van der Waals surface area (Å²) < 4.78 is 24.5. The van der Waals surface area contributed by atoms with E-state index >= 15 is 0 Å². The third-order valence-electron chi connectivity index (χ3n) is 2.28. The van der Waals surface area contributed by atoms with Gasteiger partial charge in [0.2, 0.25) is 10.0 Å². The van der Waals surface area contributed by atoms with Crippen molar-refractivity contribution >= 4 is 26.5 Å². The van der Waals surface area contributed by atoms with Crippen molar-refractivity contribution < 1.29 is 8.42 Å². The number of aryl methyl sites for hydroxylation is 1. The van der Waals surface area contributed by atoms with Crippen molar-refractivity contribution in [3.8, 4) is 0 Å². The zero-order valence-electron chi connectivity index (χ0n) is 9.44. The van der Waals surface area contributed by atoms with Crippen molar-refractivity contribution in [2.45, 2.75) is 6.92 Å². The van der Waals surface area contributed by atoms with E-state index in [1.54, 1.807) is 19.1 Å². The molecule has 0 unspecified atom stereocenters. The van der Waals surface area contributed by atoms with Crippen LogP contribution in [0.15, 0.2) is 29.1 Å². The Balaban J connectivity index is 2.62. The number of rotatable bonds is 2. The van der Waals surface area contributed by atoms with Gasteiger partial charge in [0.05, 0.1) is 6.26 Å². The first-order chi connectivity index (χ1) is 7.85. The van der Waals surface area contributed by atoms with E-state index in [1.165, 1.54) is 6.07 Å². The number of aromatic amines is 1. The number of hydrogen-bond donors (Lipinski definition) is 2. The fourth-order valence-electron chi connectivity index (χ4n) is 1.67. The molecular formula is C11H12N2O3S. The number of H-pyrrole nitrogens is 1. The summed E-state index contributed by atoms with van der Waals surface area (Å²) in [6.07, 6.45) is 1.07. The van der Waals surface area contributed by atoms with Gasteiger partial charge < -0.3 is 4.98 Å². The van der Waals surface area contributed by atoms with Crippen molar-refractivity contribution in [2.24, 2.45) is 0 Å². The van der Waals surface area contributed by atoms with Gasteiger partial charge in [-0.1, -0.05) is 6.07 Å². The van der Waals surface area contributed by atoms with Crippen LogP contribution in [0.25, 0.3) is 10.8 Å². The van der Waals surface area contributed by atoms with Gasteiger partial charge in [-0.15, -0.1) is 0 Å². The topological polar surface area (TPSA) is 79.0 Å². The highest BCUT2D eigenvalue weighted by Crippen LogP contribution is 2.17. The number of benzene rings is 1. The monoisotopic (exact) mass is 252 g/mol. The van der Waals surface area contributed by atoms with Crippen LogP contribution in [-0.2, 0) is 10.0 Å². The summed E-state index contributed by atoms with van der Waals surface area (Å²) in [5.41, 5.74) is 0.929. The number of nitrogens with one attached hydrogen (secondary N) is 2. The summed E-state index contributed by atoms with van der Waals surface area (Å²) in [6, 6.07) is 6.70. The molecule has 0 amide bonds. The number of anilines is 1. The largest absolute Gasteiger partial charge is 0.326 e. The minimum absolute atomic E-state index is 0.225. The summed E-state index contributed by atoms with van der Waals surface area (Å²) in [5.74, 6) is 0. The molecule has 0 atom stereocenters. The molecule has 1 heterocycles. The van der Waals surface area contributed by atoms with Crippen LogP contribution < -0.4 is 10.3 Å². The van der Waals surface area contributed by atoms with Crippen molar-refractivity contribution in [3.05, 3.63) is 40.3 Å². The van der Waals surface area contributed by atoms with Crippen molar-refractivity contribution in [3.63, 3.8) is 0 Å². The molecule has 2 aromatic rings. The Morgan fingerprint density at radius 3 is 2.59 bits per heavy atom. The van der Waals surface area contributed by atoms with Gasteiger partial charge in [0, 0.05) is 16.8 Å². The Morgan fingerprint density at radius 1 is 1.24 bits per heavy atom. The van der Waals surface area contributed by atoms with Gasteiger partial charge in [0.15, 0.2) is 0 Å². The number of fused-ring (bicyclic) bond motifs is 1. The van der Waals surface area contributed by atoms with Crippen LogP contribution in [0.5, 0.6) is 0 Å². The molecule has 5 nitrogen and oxygen atoms in total. The molecule has 1 aromatic heterocycles. The van der Waals surface area contributed by atoms with E-state index in [9.17, 15) is 13.2 Å². The molecule has 0 spiro atoms. The van der Waals surface area contributed by atoms with E-state index in [0.717, 1.165) is 17.3 Å². The van der Waals surface area contributed by atoms with Gasteiger partial charge in [-0.3, -0.25) is 9.52 Å². The predicted octanol–water partition coefficient (Wildman–Crippen LogP) is 1.21. The van der Waals surface area contributed by atoms with E-state index in [-0.39, 0.29) is 5.56 Å². The van der Waals surface area contributed by atoms with Crippen LogP contribution >= 0.6 is 0 Å². The highest BCUT2D eigenvalue weighted by Gasteiger charge is 2.05. The number of aromatic nitrogens is 1. The Bertz CT molecular complexity index is 732. The Labute approximate surface area is 98.5 Å². The van der Waals surface area contributed by atoms with Crippen LogP contribution in [0.3, 0.4) is 0 Å². The van der Waals surface area contributed by atoms with Gasteiger partial charge in [0.25, 0.3) is 5.56 Å². The SMILES string of the molecule is Cc1cc2ccc(NS(C)(=O)=O)cc2c(=O)[nH]1. The summed E-state index contributed by atoms with van der Waals surface area (Å²) >= 11 is 0. The fourth-order valence-corrected chi connectivity index (χ4v) is 2.23. The third kappa shape index (κ3) is 2.65. The van der Waals surface area contributed by atoms with Crippen LogP contribution in [-0.4, -0.2) is 19.7 Å². The van der Waals surface area contributed by atoms with Crippen molar-refractivity contribution in [2.75, 3.05) is 11.0 Å². The zero-order valence-corrected chi connectivity index (χ0v) is 10.3. The van der Waals surface area contributed by atoms with Crippen LogP contribution in [0, 0.1) is 6.92 Å². The molecular weight excluding hydrogens is 240 g/mol. The quantitative estimate of drug-likeness (QED) is 0.843. The molecule has 6 heteroatoms. The summed E-state index contributed by atoms with van der Waals surface area (Å²) in [4.78, 5) is 14.4. The normalized spacial score (nSPS) is 11.6. The van der Waals surface area contributed by atoms with Crippen molar-refractivity contribution in [1.82, 2.24) is 4.98 Å². The molecule has 2 N–H and O–H groups in total. The van der Waals surface area contributed by atoms with Crippen LogP contribution in [0.4, 0.5) is 5.69 Å². The molecule has 0 bridgehead atoms. The number of pyridine rings is 1. The molecule has 90 valence electrons. The first-order valence-electron chi connectivity index (χ1n) is 4.97. The summed E-state index contributed by atoms with van der Waals surface area (Å²) in [7, 11) is -3.33. The second-order valence-electron chi connectivity index (χ2n) is 3.96. The number of hydrogen-bond acceptors (Lipinski definition) is 3. The molecule has 0 aliphatic carbocycles. The molecule has 1 aromatic carbocycles. The lowest BCUT2D eigenvalue weighted by Crippen LogP contribution is -2.11. The smallest absolute Gasteiger partial charge is 0.256 e. The molecule has 0 aliphatic heterocycles. The molecule has 0 saturated carbocycles. The van der Waals surface area contributed by atoms with Gasteiger partial charge in [-0.25, -0.2) is 8.42 Å². The zero-order chi connectivity index (χ0) is 12.6. The standard InChI is InChI=1S/C11H12N2O3S/c1-7-5-8-3-4-9(13-17(2,15)16)6-10(8)11(14)12-7/h3-6,13H,1-2H3,(H,12,14). The lowest BCUT2D eigenvalue weighted by Gasteiger charge is -2.05. The van der Waals surface area contributed by atoms with Crippen molar-refractivity contribution in [1.29, 1.82) is 0 Å². The molecule has 2 rings (SSSR count). The highest BCUT2D eigenvalue weighted by molar-refractivity contribution is 7.92. The summed E-state index contributed by atoms with van der Waals surface area (Å²) in [6.45, 7) is 1.80. The Morgan fingerprint density at radius 2 is 1.94 bits per heavy atom. The van der Waals surface area contributed by atoms with Crippen LogP contribution in [0.2, 0.25) is 0 Å². The fraction of sp³-hybridized carbons (Fsp3) is 0.182. The van der Waals surface area contributed by atoms with E-state index in [1.807, 2.05) is 6.07 Å². The summed E-state index contributed by atoms with van der Waals surface area (Å²) in [5, 5.41) is 1.24. The average molecular weight is 252 g/mol. The highest BCUT2D eigenvalue weighted by atomic mass is 32.2. The number of sulfonamides is 1. The van der Waals surface area contributed by atoms with Crippen LogP contribution in [0.1, 0.15) is 5.69 Å². The van der Waals surface area contributed by atoms with E-state index in [4.69, 9.17) is 0 Å². The third-order valence-corrected chi connectivity index (χ3v) is 2.89. The maximum absolute atomic E-state index is 11.7. The van der Waals surface area contributed by atoms with Gasteiger partial charge >= 0.3 is 0 Å². The predicted molar refractivity (Wildman–Crippen MR) is 67.8 cm³/mol. The maximum atomic E-state index is 11.7. The second kappa shape index (κ2) is 3.89. The average Bonchev–Trinajstić information content (AvgIpc) is 2.16. The molecule has 0 aliphatic rings. The minimum atomic E-state index is -3.33. The van der Waals surface area contributed by atoms with Gasteiger partial charge in [-0.2, -0.15) is 0 Å². The molecule has 17 heavy (non-hydrogen) atoms.